The molecule has 0 aliphatic carbocycles. The predicted octanol–water partition coefficient (Wildman–Crippen LogP) is 5.69. The summed E-state index contributed by atoms with van der Waals surface area (Å²) in [5.41, 5.74) is 4.02. The molecule has 0 bridgehead atoms. The molecule has 0 radical (unpaired) electrons. The Balaban J connectivity index is 0.000000241. The number of rotatable bonds is 3. The maximum Gasteiger partial charge on any atom is 3.00 e. The van der Waals surface area contributed by atoms with Crippen LogP contribution in [-0.4, -0.2) is 21.2 Å². The molecule has 2 aromatic carbocycles. The number of benzene rings is 2. The molecule has 1 atom stereocenters. The van der Waals surface area contributed by atoms with Crippen LogP contribution < -0.4 is 0 Å². The van der Waals surface area contributed by atoms with Gasteiger partial charge in [0.2, 0.25) is 0 Å². The van der Waals surface area contributed by atoms with Crippen molar-refractivity contribution in [1.29, 1.82) is 0 Å². The van der Waals surface area contributed by atoms with Crippen LogP contribution in [0.5, 0.6) is 0 Å². The minimum absolute atomic E-state index is 0. The molecular weight excluding hydrogens is 549 g/mol. The average Bonchev–Trinajstić information content (AvgIpc) is 2.82. The quantitative estimate of drug-likeness (QED) is 0.321. The first-order valence-corrected chi connectivity index (χ1v) is 9.44. The monoisotopic (exact) mass is 574 g/mol. The van der Waals surface area contributed by atoms with E-state index in [2.05, 4.69) is 29.0 Å². The molecule has 3 nitrogen and oxygen atoms in total. The summed E-state index contributed by atoms with van der Waals surface area (Å²) in [5, 5.41) is 8.30. The molecule has 4 rings (SSSR count). The summed E-state index contributed by atoms with van der Waals surface area (Å²) in [6.07, 6.45) is 3.96. The topological polar surface area (TPSA) is 46.0 Å². The molecule has 30 heavy (non-hydrogen) atoms. The molecule has 0 saturated heterocycles. The van der Waals surface area contributed by atoms with Crippen molar-refractivity contribution in [2.75, 3.05) is 0 Å². The fourth-order valence-electron chi connectivity index (χ4n) is 2.15. The van der Waals surface area contributed by atoms with Crippen LogP contribution in [0.15, 0.2) is 97.3 Å². The van der Waals surface area contributed by atoms with E-state index >= 15 is 0 Å². The standard InChI is InChI=1S/2C11H8N.C4H9O.Ir/c2*1-2-6-10(7-3-1)11-8-4-5-9-12-11;1-3-4(2)5;/h2*1-6,8-9H;4-5H,1,3H2,2H3;/q3*-1;+3. The molecule has 1 unspecified atom stereocenters. The van der Waals surface area contributed by atoms with Crippen LogP contribution in [0.4, 0.5) is 0 Å². The van der Waals surface area contributed by atoms with E-state index in [4.69, 9.17) is 5.11 Å². The smallest absolute Gasteiger partial charge is 0.396 e. The van der Waals surface area contributed by atoms with Gasteiger partial charge in [0.25, 0.3) is 0 Å². The van der Waals surface area contributed by atoms with E-state index in [1.807, 2.05) is 84.9 Å². The molecule has 0 fully saturated rings. The van der Waals surface area contributed by atoms with Crippen LogP contribution >= 0.6 is 0 Å². The molecule has 0 aliphatic heterocycles. The maximum atomic E-state index is 8.30. The van der Waals surface area contributed by atoms with Crippen LogP contribution in [-0.2, 0) is 20.1 Å². The molecule has 2 aromatic heterocycles. The number of pyridine rings is 2. The Kier molecular flexibility index (Phi) is 12.9. The van der Waals surface area contributed by atoms with E-state index in [1.54, 1.807) is 19.3 Å². The van der Waals surface area contributed by atoms with Gasteiger partial charge in [0.05, 0.1) is 0 Å². The molecule has 0 aliphatic rings. The van der Waals surface area contributed by atoms with Gasteiger partial charge < -0.3 is 22.0 Å². The van der Waals surface area contributed by atoms with Crippen LogP contribution in [0.25, 0.3) is 22.5 Å². The fourth-order valence-corrected chi connectivity index (χ4v) is 2.15. The summed E-state index contributed by atoms with van der Waals surface area (Å²) in [5.74, 6) is 0. The fraction of sp³-hybridized carbons (Fsp3) is 0.115. The van der Waals surface area contributed by atoms with Crippen molar-refractivity contribution in [3.8, 4) is 22.5 Å². The summed E-state index contributed by atoms with van der Waals surface area (Å²) in [6, 6.07) is 33.6. The first-order chi connectivity index (χ1) is 14.2. The SMILES string of the molecule is [CH2-]CC(C)O.[Ir+3].[c-]1ccccc1-c1ccccn1.[c-]1ccccc1-c1ccccn1. The van der Waals surface area contributed by atoms with Crippen molar-refractivity contribution in [1.82, 2.24) is 9.97 Å². The third-order valence-corrected chi connectivity index (χ3v) is 3.72. The van der Waals surface area contributed by atoms with Gasteiger partial charge in [0.1, 0.15) is 0 Å². The maximum absolute atomic E-state index is 8.30. The zero-order chi connectivity index (χ0) is 20.7. The van der Waals surface area contributed by atoms with Gasteiger partial charge in [-0.25, -0.2) is 0 Å². The first kappa shape index (κ1) is 25.4. The minimum Gasteiger partial charge on any atom is -0.396 e. The van der Waals surface area contributed by atoms with Crippen molar-refractivity contribution in [2.24, 2.45) is 0 Å². The Labute approximate surface area is 193 Å². The van der Waals surface area contributed by atoms with Crippen LogP contribution in [0.2, 0.25) is 0 Å². The van der Waals surface area contributed by atoms with Gasteiger partial charge in [-0.2, -0.15) is 6.42 Å². The Morgan fingerprint density at radius 3 is 1.43 bits per heavy atom. The van der Waals surface area contributed by atoms with E-state index in [9.17, 15) is 0 Å². The summed E-state index contributed by atoms with van der Waals surface area (Å²) in [7, 11) is 0. The molecule has 0 amide bonds. The third kappa shape index (κ3) is 9.71. The van der Waals surface area contributed by atoms with E-state index in [-0.39, 0.29) is 26.2 Å². The van der Waals surface area contributed by atoms with Crippen molar-refractivity contribution >= 4 is 0 Å². The van der Waals surface area contributed by atoms with E-state index < -0.39 is 0 Å². The molecule has 4 aromatic rings. The third-order valence-electron chi connectivity index (χ3n) is 3.72. The van der Waals surface area contributed by atoms with Gasteiger partial charge in [0.15, 0.2) is 0 Å². The summed E-state index contributed by atoms with van der Waals surface area (Å²) < 4.78 is 0. The molecule has 2 heterocycles. The second kappa shape index (κ2) is 15.2. The number of aliphatic hydroxyl groups excluding tert-OH is 1. The Bertz CT molecular complexity index is 753. The van der Waals surface area contributed by atoms with Crippen molar-refractivity contribution in [2.45, 2.75) is 19.4 Å². The molecule has 0 saturated carbocycles. The zero-order valence-corrected chi connectivity index (χ0v) is 19.3. The van der Waals surface area contributed by atoms with E-state index in [1.165, 1.54) is 0 Å². The van der Waals surface area contributed by atoms with Gasteiger partial charge in [0, 0.05) is 18.5 Å². The van der Waals surface area contributed by atoms with Crippen molar-refractivity contribution in [3.05, 3.63) is 116 Å². The molecule has 1 N–H and O–H groups in total. The second-order valence-electron chi connectivity index (χ2n) is 6.12. The van der Waals surface area contributed by atoms with Gasteiger partial charge in [-0.15, -0.1) is 71.8 Å². The van der Waals surface area contributed by atoms with Crippen LogP contribution in [0, 0.1) is 19.1 Å². The minimum atomic E-state index is -0.227. The van der Waals surface area contributed by atoms with Gasteiger partial charge in [-0.3, -0.25) is 0 Å². The number of aliphatic hydroxyl groups is 1. The van der Waals surface area contributed by atoms with Crippen molar-refractivity contribution < 1.29 is 25.2 Å². The van der Waals surface area contributed by atoms with Crippen LogP contribution in [0.1, 0.15) is 13.3 Å². The molecule has 154 valence electrons. The number of nitrogens with zero attached hydrogens (tertiary/aromatic N) is 2. The number of hydrogen-bond donors (Lipinski definition) is 1. The Morgan fingerprint density at radius 2 is 1.17 bits per heavy atom. The zero-order valence-electron chi connectivity index (χ0n) is 16.9. The normalized spacial score (nSPS) is 10.2. The average molecular weight is 574 g/mol. The van der Waals surface area contributed by atoms with Crippen LogP contribution in [0.3, 0.4) is 0 Å². The Hall–Kier alpha value is -2.65. The number of aromatic nitrogens is 2. The first-order valence-electron chi connectivity index (χ1n) is 9.44. The summed E-state index contributed by atoms with van der Waals surface area (Å²) >= 11 is 0. The van der Waals surface area contributed by atoms with Crippen molar-refractivity contribution in [3.63, 3.8) is 0 Å². The largest absolute Gasteiger partial charge is 3.00 e. The molecular formula is C26H25IrN2O. The number of hydrogen-bond acceptors (Lipinski definition) is 3. The summed E-state index contributed by atoms with van der Waals surface area (Å²) in [6.45, 7) is 5.15. The summed E-state index contributed by atoms with van der Waals surface area (Å²) in [4.78, 5) is 8.44. The molecule has 0 spiro atoms. The van der Waals surface area contributed by atoms with Gasteiger partial charge in [-0.05, 0) is 30.4 Å². The molecule has 4 heteroatoms. The van der Waals surface area contributed by atoms with Gasteiger partial charge in [-0.1, -0.05) is 24.3 Å². The van der Waals surface area contributed by atoms with E-state index in [0.717, 1.165) is 22.5 Å². The second-order valence-corrected chi connectivity index (χ2v) is 6.12. The Morgan fingerprint density at radius 1 is 0.767 bits per heavy atom. The van der Waals surface area contributed by atoms with E-state index in [0.29, 0.717) is 6.42 Å². The van der Waals surface area contributed by atoms with Gasteiger partial charge >= 0.3 is 20.1 Å². The predicted molar refractivity (Wildman–Crippen MR) is 119 cm³/mol.